The van der Waals surface area contributed by atoms with Gasteiger partial charge in [0.1, 0.15) is 12.4 Å². The Balaban J connectivity index is 2.34. The number of aliphatic hydroxyl groups excluding tert-OH is 1. The van der Waals surface area contributed by atoms with E-state index in [-0.39, 0.29) is 12.2 Å². The Bertz CT molecular complexity index is 476. The Morgan fingerprint density at radius 3 is 2.69 bits per heavy atom. The summed E-state index contributed by atoms with van der Waals surface area (Å²) in [6.07, 6.45) is 1.54. The molecule has 2 rings (SSSR count). The molecule has 6 heteroatoms. The molecule has 0 aliphatic carbocycles. The Labute approximate surface area is 92.2 Å². The molecule has 86 valence electrons. The van der Waals surface area contributed by atoms with Crippen LogP contribution in [0, 0.1) is 0 Å². The van der Waals surface area contributed by atoms with Crippen molar-refractivity contribution in [3.8, 4) is 5.75 Å². The minimum Gasteiger partial charge on any atom is -0.488 e. The van der Waals surface area contributed by atoms with E-state index in [1.165, 1.54) is 0 Å². The van der Waals surface area contributed by atoms with Crippen LogP contribution in [0.5, 0.6) is 5.75 Å². The second-order valence-electron chi connectivity index (χ2n) is 3.51. The Hall–Kier alpha value is -1.13. The summed E-state index contributed by atoms with van der Waals surface area (Å²) in [7, 11) is -4.53. The van der Waals surface area contributed by atoms with Crippen LogP contribution in [0.25, 0.3) is 6.08 Å². The predicted octanol–water partition coefficient (Wildman–Crippen LogP) is 0.958. The molecule has 0 bridgehead atoms. The lowest BCUT2D eigenvalue weighted by Crippen LogP contribution is -2.19. The van der Waals surface area contributed by atoms with E-state index in [1.807, 2.05) is 0 Å². The number of para-hydroxylation sites is 1. The molecule has 1 aromatic carbocycles. The van der Waals surface area contributed by atoms with Crippen LogP contribution < -0.4 is 4.74 Å². The van der Waals surface area contributed by atoms with E-state index < -0.39 is 13.4 Å². The van der Waals surface area contributed by atoms with Gasteiger partial charge in [0.15, 0.2) is 5.85 Å². The third-order valence-electron chi connectivity index (χ3n) is 2.30. The summed E-state index contributed by atoms with van der Waals surface area (Å²) in [5.41, 5.74) is 0.892. The fourth-order valence-corrected chi connectivity index (χ4v) is 2.08. The summed E-state index contributed by atoms with van der Waals surface area (Å²) in [4.78, 5) is 17.7. The molecule has 1 aliphatic heterocycles. The van der Waals surface area contributed by atoms with Crippen molar-refractivity contribution in [2.24, 2.45) is 0 Å². The molecule has 1 heterocycles. The molecule has 3 N–H and O–H groups in total. The quantitative estimate of drug-likeness (QED) is 0.672. The van der Waals surface area contributed by atoms with Gasteiger partial charge in [0.25, 0.3) is 0 Å². The van der Waals surface area contributed by atoms with E-state index in [4.69, 9.17) is 14.5 Å². The normalized spacial score (nSPS) is 17.1. The van der Waals surface area contributed by atoms with Gasteiger partial charge in [-0.3, -0.25) is 4.57 Å². The summed E-state index contributed by atoms with van der Waals surface area (Å²) < 4.78 is 16.2. The minimum absolute atomic E-state index is 0.0106. The van der Waals surface area contributed by atoms with Gasteiger partial charge in [-0.25, -0.2) is 0 Å². The summed E-state index contributed by atoms with van der Waals surface area (Å²) in [5.74, 6) is -1.15. The van der Waals surface area contributed by atoms with E-state index in [9.17, 15) is 9.67 Å². The highest BCUT2D eigenvalue weighted by molar-refractivity contribution is 7.52. The summed E-state index contributed by atoms with van der Waals surface area (Å²) >= 11 is 0. The average molecular weight is 242 g/mol. The molecule has 0 aromatic heterocycles. The van der Waals surface area contributed by atoms with E-state index in [0.717, 1.165) is 0 Å². The van der Waals surface area contributed by atoms with Crippen molar-refractivity contribution in [1.29, 1.82) is 0 Å². The molecule has 1 atom stereocenters. The van der Waals surface area contributed by atoms with Crippen LogP contribution in [0.2, 0.25) is 0 Å². The van der Waals surface area contributed by atoms with Crippen LogP contribution in [0.15, 0.2) is 29.8 Å². The van der Waals surface area contributed by atoms with Crippen LogP contribution in [0.3, 0.4) is 0 Å². The van der Waals surface area contributed by atoms with Crippen LogP contribution in [0.4, 0.5) is 0 Å². The van der Waals surface area contributed by atoms with Crippen LogP contribution >= 0.6 is 7.60 Å². The van der Waals surface area contributed by atoms with Gasteiger partial charge in [0.2, 0.25) is 0 Å². The number of hydrogen-bond acceptors (Lipinski definition) is 3. The summed E-state index contributed by atoms with van der Waals surface area (Å²) in [6, 6.07) is 7.09. The maximum absolute atomic E-state index is 10.9. The number of aliphatic hydroxyl groups is 1. The number of benzene rings is 1. The molecule has 5 nitrogen and oxygen atoms in total. The van der Waals surface area contributed by atoms with Crippen molar-refractivity contribution < 1.29 is 24.2 Å². The molecule has 0 saturated carbocycles. The van der Waals surface area contributed by atoms with Gasteiger partial charge in [0.05, 0.1) is 0 Å². The lowest BCUT2D eigenvalue weighted by Gasteiger charge is -2.21. The fraction of sp³-hybridized carbons (Fsp3) is 0.200. The second-order valence-corrected chi connectivity index (χ2v) is 5.18. The van der Waals surface area contributed by atoms with Gasteiger partial charge < -0.3 is 19.6 Å². The predicted molar refractivity (Wildman–Crippen MR) is 58.0 cm³/mol. The number of ether oxygens (including phenoxy) is 1. The van der Waals surface area contributed by atoms with Crippen molar-refractivity contribution in [3.63, 3.8) is 0 Å². The van der Waals surface area contributed by atoms with Crippen LogP contribution in [0.1, 0.15) is 5.56 Å². The summed E-state index contributed by atoms with van der Waals surface area (Å²) in [6.45, 7) is -0.0106. The monoisotopic (exact) mass is 242 g/mol. The van der Waals surface area contributed by atoms with Gasteiger partial charge in [-0.15, -0.1) is 0 Å². The molecule has 1 aromatic rings. The lowest BCUT2D eigenvalue weighted by atomic mass is 10.1. The first kappa shape index (κ1) is 11.4. The van der Waals surface area contributed by atoms with Gasteiger partial charge in [-0.05, 0) is 12.1 Å². The first-order valence-corrected chi connectivity index (χ1v) is 6.32. The highest BCUT2D eigenvalue weighted by Crippen LogP contribution is 2.44. The molecule has 16 heavy (non-hydrogen) atoms. The minimum atomic E-state index is -4.53. The van der Waals surface area contributed by atoms with Crippen LogP contribution in [-0.2, 0) is 4.57 Å². The number of fused-ring (bicyclic) bond motifs is 1. The molecule has 0 radical (unpaired) electrons. The fourth-order valence-electron chi connectivity index (χ4n) is 1.50. The first-order valence-electron chi connectivity index (χ1n) is 4.64. The van der Waals surface area contributed by atoms with Crippen molar-refractivity contribution >= 4 is 13.7 Å². The van der Waals surface area contributed by atoms with E-state index in [2.05, 4.69) is 0 Å². The highest BCUT2D eigenvalue weighted by atomic mass is 31.2. The third-order valence-corrected chi connectivity index (χ3v) is 3.27. The standard InChI is InChI=1S/C10H11O5P/c11-10(16(12,13)14)8-5-7-3-1-2-4-9(7)15-6-8/h1-5,10-11H,6H2,(H2,12,13,14). The second kappa shape index (κ2) is 4.03. The largest absolute Gasteiger partial charge is 0.488 e. The van der Waals surface area contributed by atoms with Gasteiger partial charge in [-0.1, -0.05) is 18.2 Å². The van der Waals surface area contributed by atoms with E-state index in [0.29, 0.717) is 11.3 Å². The van der Waals surface area contributed by atoms with Gasteiger partial charge in [-0.2, -0.15) is 0 Å². The zero-order valence-corrected chi connectivity index (χ0v) is 9.17. The smallest absolute Gasteiger partial charge is 0.358 e. The van der Waals surface area contributed by atoms with Gasteiger partial charge >= 0.3 is 7.60 Å². The maximum atomic E-state index is 10.9. The third kappa shape index (κ3) is 2.18. The Kier molecular flexibility index (Phi) is 2.86. The molecule has 0 fully saturated rings. The highest BCUT2D eigenvalue weighted by Gasteiger charge is 2.31. The SMILES string of the molecule is O=P(O)(O)C(O)C1=Cc2ccccc2OC1. The lowest BCUT2D eigenvalue weighted by molar-refractivity contribution is 0.212. The zero-order chi connectivity index (χ0) is 11.8. The van der Waals surface area contributed by atoms with Crippen molar-refractivity contribution in [2.45, 2.75) is 5.85 Å². The van der Waals surface area contributed by atoms with E-state index >= 15 is 0 Å². The molecule has 0 spiro atoms. The number of rotatable bonds is 2. The number of hydrogen-bond donors (Lipinski definition) is 3. The van der Waals surface area contributed by atoms with E-state index in [1.54, 1.807) is 30.3 Å². The van der Waals surface area contributed by atoms with Crippen molar-refractivity contribution in [3.05, 3.63) is 35.4 Å². The summed E-state index contributed by atoms with van der Waals surface area (Å²) in [5, 5.41) is 9.42. The molecule has 0 saturated heterocycles. The molecular formula is C10H11O5P. The van der Waals surface area contributed by atoms with Crippen LogP contribution in [-0.4, -0.2) is 27.3 Å². The average Bonchev–Trinajstić information content (AvgIpc) is 2.26. The Morgan fingerprint density at radius 1 is 1.31 bits per heavy atom. The van der Waals surface area contributed by atoms with Crippen molar-refractivity contribution in [1.82, 2.24) is 0 Å². The molecule has 1 aliphatic rings. The maximum Gasteiger partial charge on any atom is 0.358 e. The molecule has 1 unspecified atom stereocenters. The van der Waals surface area contributed by atoms with Crippen molar-refractivity contribution in [2.75, 3.05) is 6.61 Å². The topological polar surface area (TPSA) is 87.0 Å². The first-order chi connectivity index (χ1) is 7.48. The zero-order valence-electron chi connectivity index (χ0n) is 8.28. The molecule has 0 amide bonds. The van der Waals surface area contributed by atoms with Gasteiger partial charge in [0, 0.05) is 11.1 Å². The Morgan fingerprint density at radius 2 is 2.00 bits per heavy atom. The molecular weight excluding hydrogens is 231 g/mol.